The van der Waals surface area contributed by atoms with E-state index in [9.17, 15) is 9.59 Å². The first kappa shape index (κ1) is 16.2. The first-order valence-corrected chi connectivity index (χ1v) is 8.23. The van der Waals surface area contributed by atoms with E-state index in [1.54, 1.807) is 4.90 Å². The van der Waals surface area contributed by atoms with Crippen molar-refractivity contribution >= 4 is 17.6 Å². The van der Waals surface area contributed by atoms with Gasteiger partial charge in [-0.1, -0.05) is 30.3 Å². The van der Waals surface area contributed by atoms with E-state index in [-0.39, 0.29) is 24.4 Å². The van der Waals surface area contributed by atoms with E-state index >= 15 is 0 Å². The van der Waals surface area contributed by atoms with Crippen molar-refractivity contribution in [3.8, 4) is 0 Å². The number of aromatic nitrogens is 2. The molecule has 0 bridgehead atoms. The lowest BCUT2D eigenvalue weighted by Crippen LogP contribution is -2.34. The second-order valence-electron chi connectivity index (χ2n) is 6.19. The number of nitrogens with zero attached hydrogens (tertiary/aromatic N) is 3. The lowest BCUT2D eigenvalue weighted by molar-refractivity contribution is -0.131. The summed E-state index contributed by atoms with van der Waals surface area (Å²) in [6.45, 7) is 4.73. The van der Waals surface area contributed by atoms with Crippen LogP contribution in [-0.4, -0.2) is 39.6 Å². The number of rotatable bonds is 5. The molecule has 6 heteroatoms. The monoisotopic (exact) mass is 326 g/mol. The highest BCUT2D eigenvalue weighted by molar-refractivity contribution is 5.94. The third kappa shape index (κ3) is 3.48. The van der Waals surface area contributed by atoms with Crippen LogP contribution in [0.5, 0.6) is 0 Å². The molecular formula is C18H22N4O2. The molecule has 0 aliphatic carbocycles. The van der Waals surface area contributed by atoms with Crippen molar-refractivity contribution in [2.24, 2.45) is 0 Å². The molecule has 1 unspecified atom stereocenters. The predicted molar refractivity (Wildman–Crippen MR) is 91.7 cm³/mol. The van der Waals surface area contributed by atoms with Crippen LogP contribution in [0.25, 0.3) is 0 Å². The number of hydrogen-bond acceptors (Lipinski definition) is 3. The minimum atomic E-state index is -0.203. The standard InChI is InChI=1S/C18H22N4O2/c1-13-11-22(14(2)15-7-4-3-5-8-15)20-18(13)19-16(23)12-21-10-6-9-17(21)24/h3-5,7-8,11,14H,6,9-10,12H2,1-2H3,(H,19,20,23). The number of anilines is 1. The summed E-state index contributed by atoms with van der Waals surface area (Å²) in [5, 5.41) is 7.32. The summed E-state index contributed by atoms with van der Waals surface area (Å²) < 4.78 is 1.85. The second-order valence-corrected chi connectivity index (χ2v) is 6.19. The van der Waals surface area contributed by atoms with Gasteiger partial charge in [-0.2, -0.15) is 5.10 Å². The molecule has 0 spiro atoms. The van der Waals surface area contributed by atoms with Gasteiger partial charge in [-0.05, 0) is 25.8 Å². The van der Waals surface area contributed by atoms with E-state index < -0.39 is 0 Å². The van der Waals surface area contributed by atoms with Crippen molar-refractivity contribution in [1.29, 1.82) is 0 Å². The molecule has 2 aromatic rings. The minimum Gasteiger partial charge on any atom is -0.333 e. The van der Waals surface area contributed by atoms with E-state index in [1.165, 1.54) is 0 Å². The molecule has 2 heterocycles. The van der Waals surface area contributed by atoms with Crippen molar-refractivity contribution in [3.63, 3.8) is 0 Å². The summed E-state index contributed by atoms with van der Waals surface area (Å²) >= 11 is 0. The van der Waals surface area contributed by atoms with Crippen molar-refractivity contribution in [1.82, 2.24) is 14.7 Å². The molecular weight excluding hydrogens is 304 g/mol. The van der Waals surface area contributed by atoms with Crippen LogP contribution in [-0.2, 0) is 9.59 Å². The van der Waals surface area contributed by atoms with Crippen molar-refractivity contribution < 1.29 is 9.59 Å². The fourth-order valence-electron chi connectivity index (χ4n) is 2.91. The zero-order chi connectivity index (χ0) is 17.1. The fraction of sp³-hybridized carbons (Fsp3) is 0.389. The summed E-state index contributed by atoms with van der Waals surface area (Å²) in [7, 11) is 0. The summed E-state index contributed by atoms with van der Waals surface area (Å²) in [6, 6.07) is 10.2. The molecule has 1 saturated heterocycles. The molecule has 1 atom stereocenters. The number of aryl methyl sites for hydroxylation is 1. The average molecular weight is 326 g/mol. The summed E-state index contributed by atoms with van der Waals surface area (Å²) in [4.78, 5) is 25.4. The summed E-state index contributed by atoms with van der Waals surface area (Å²) in [6.07, 6.45) is 3.29. The summed E-state index contributed by atoms with van der Waals surface area (Å²) in [5.41, 5.74) is 2.06. The molecule has 0 radical (unpaired) electrons. The molecule has 1 aromatic heterocycles. The Kier molecular flexibility index (Phi) is 4.64. The van der Waals surface area contributed by atoms with E-state index in [1.807, 2.05) is 36.0 Å². The third-order valence-corrected chi connectivity index (χ3v) is 4.36. The molecule has 1 aliphatic heterocycles. The molecule has 1 fully saturated rings. The first-order chi connectivity index (χ1) is 11.5. The van der Waals surface area contributed by atoms with Gasteiger partial charge in [0.15, 0.2) is 5.82 Å². The van der Waals surface area contributed by atoms with Crippen LogP contribution in [0.3, 0.4) is 0 Å². The van der Waals surface area contributed by atoms with Crippen LogP contribution >= 0.6 is 0 Å². The van der Waals surface area contributed by atoms with Gasteiger partial charge in [0.25, 0.3) is 0 Å². The Morgan fingerprint density at radius 3 is 2.75 bits per heavy atom. The van der Waals surface area contributed by atoms with Crippen LogP contribution in [0, 0.1) is 6.92 Å². The second kappa shape index (κ2) is 6.86. The van der Waals surface area contributed by atoms with Gasteiger partial charge in [0, 0.05) is 24.7 Å². The van der Waals surface area contributed by atoms with Crippen LogP contribution in [0.15, 0.2) is 36.5 Å². The molecule has 1 aromatic carbocycles. The Morgan fingerprint density at radius 1 is 1.33 bits per heavy atom. The largest absolute Gasteiger partial charge is 0.333 e. The van der Waals surface area contributed by atoms with Gasteiger partial charge in [0.05, 0.1) is 12.6 Å². The SMILES string of the molecule is Cc1cn(C(C)c2ccccc2)nc1NC(=O)CN1CCCC1=O. The van der Waals surface area contributed by atoms with Gasteiger partial charge in [0.1, 0.15) is 0 Å². The van der Waals surface area contributed by atoms with Crippen LogP contribution in [0.4, 0.5) is 5.82 Å². The van der Waals surface area contributed by atoms with Crippen LogP contribution in [0.2, 0.25) is 0 Å². The smallest absolute Gasteiger partial charge is 0.245 e. The maximum absolute atomic E-state index is 12.2. The normalized spacial score (nSPS) is 15.6. The highest BCUT2D eigenvalue weighted by Crippen LogP contribution is 2.21. The Morgan fingerprint density at radius 2 is 2.08 bits per heavy atom. The average Bonchev–Trinajstić information content (AvgIpc) is 3.14. The molecule has 1 N–H and O–H groups in total. The van der Waals surface area contributed by atoms with E-state index in [4.69, 9.17) is 0 Å². The maximum atomic E-state index is 12.2. The maximum Gasteiger partial charge on any atom is 0.245 e. The van der Waals surface area contributed by atoms with Gasteiger partial charge in [-0.3, -0.25) is 14.3 Å². The number of carbonyl (C=O) groups excluding carboxylic acids is 2. The molecule has 2 amide bonds. The lowest BCUT2D eigenvalue weighted by atomic mass is 10.1. The third-order valence-electron chi connectivity index (χ3n) is 4.36. The molecule has 3 rings (SSSR count). The Balaban J connectivity index is 1.67. The highest BCUT2D eigenvalue weighted by atomic mass is 16.2. The van der Waals surface area contributed by atoms with Crippen LogP contribution in [0.1, 0.15) is 36.9 Å². The number of benzene rings is 1. The van der Waals surface area contributed by atoms with Crippen molar-refractivity contribution in [2.45, 2.75) is 32.7 Å². The first-order valence-electron chi connectivity index (χ1n) is 8.23. The summed E-state index contributed by atoms with van der Waals surface area (Å²) in [5.74, 6) is 0.394. The van der Waals surface area contributed by atoms with Crippen molar-refractivity contribution in [3.05, 3.63) is 47.7 Å². The van der Waals surface area contributed by atoms with Crippen molar-refractivity contribution in [2.75, 3.05) is 18.4 Å². The quantitative estimate of drug-likeness (QED) is 0.917. The Hall–Kier alpha value is -2.63. The number of hydrogen-bond donors (Lipinski definition) is 1. The van der Waals surface area contributed by atoms with Gasteiger partial charge >= 0.3 is 0 Å². The molecule has 0 saturated carbocycles. The Bertz CT molecular complexity index is 739. The van der Waals surface area contributed by atoms with Gasteiger partial charge in [-0.25, -0.2) is 0 Å². The van der Waals surface area contributed by atoms with E-state index in [2.05, 4.69) is 29.5 Å². The molecule has 1 aliphatic rings. The van der Waals surface area contributed by atoms with E-state index in [0.29, 0.717) is 18.8 Å². The zero-order valence-corrected chi connectivity index (χ0v) is 14.0. The minimum absolute atomic E-state index is 0.0464. The Labute approximate surface area is 141 Å². The number of likely N-dealkylation sites (tertiary alicyclic amines) is 1. The lowest BCUT2D eigenvalue weighted by Gasteiger charge is -2.14. The highest BCUT2D eigenvalue weighted by Gasteiger charge is 2.23. The molecule has 6 nitrogen and oxygen atoms in total. The number of amides is 2. The zero-order valence-electron chi connectivity index (χ0n) is 14.0. The molecule has 126 valence electrons. The topological polar surface area (TPSA) is 67.2 Å². The van der Waals surface area contributed by atoms with E-state index in [0.717, 1.165) is 17.5 Å². The molecule has 24 heavy (non-hydrogen) atoms. The fourth-order valence-corrected chi connectivity index (χ4v) is 2.91. The van der Waals surface area contributed by atoms with Gasteiger partial charge in [0.2, 0.25) is 11.8 Å². The van der Waals surface area contributed by atoms with Crippen LogP contribution < -0.4 is 5.32 Å². The number of nitrogens with one attached hydrogen (secondary N) is 1. The number of carbonyl (C=O) groups is 2. The van der Waals surface area contributed by atoms with Gasteiger partial charge in [-0.15, -0.1) is 0 Å². The van der Waals surface area contributed by atoms with Gasteiger partial charge < -0.3 is 10.2 Å². The predicted octanol–water partition coefficient (Wildman–Crippen LogP) is 2.36.